The third kappa shape index (κ3) is 6.67. The molecular weight excluding hydrogens is 404 g/mol. The zero-order valence-electron chi connectivity index (χ0n) is 18.2. The first kappa shape index (κ1) is 24.1. The number of carbonyl (C=O) groups excluding carboxylic acids is 4. The molecule has 8 heteroatoms. The molecule has 0 saturated heterocycles. The molecule has 1 aliphatic carbocycles. The number of carbonyl (C=O) groups is 4. The molecule has 31 heavy (non-hydrogen) atoms. The number of benzene rings is 1. The van der Waals surface area contributed by atoms with Gasteiger partial charge in [0.2, 0.25) is 5.60 Å². The Kier molecular flexibility index (Phi) is 8.36. The highest BCUT2D eigenvalue weighted by Gasteiger charge is 2.51. The normalized spacial score (nSPS) is 22.6. The molecule has 168 valence electrons. The molecule has 0 amide bonds. The average Bonchev–Trinajstić information content (AvgIpc) is 2.69. The van der Waals surface area contributed by atoms with Crippen molar-refractivity contribution in [2.24, 2.45) is 0 Å². The van der Waals surface area contributed by atoms with Gasteiger partial charge in [0.25, 0.3) is 0 Å². The lowest BCUT2D eigenvalue weighted by Crippen LogP contribution is -2.53. The third-order valence-corrected chi connectivity index (χ3v) is 4.87. The van der Waals surface area contributed by atoms with Gasteiger partial charge in [-0.15, -0.1) is 0 Å². The van der Waals surface area contributed by atoms with Crippen molar-refractivity contribution in [2.45, 2.75) is 64.3 Å². The average molecular weight is 432 g/mol. The van der Waals surface area contributed by atoms with E-state index in [-0.39, 0.29) is 6.42 Å². The third-order valence-electron chi connectivity index (χ3n) is 4.87. The van der Waals surface area contributed by atoms with Crippen molar-refractivity contribution < 1.29 is 38.1 Å². The van der Waals surface area contributed by atoms with Crippen molar-refractivity contribution in [1.82, 2.24) is 0 Å². The van der Waals surface area contributed by atoms with E-state index in [1.807, 2.05) is 30.3 Å². The van der Waals surface area contributed by atoms with Crippen LogP contribution in [0.4, 0.5) is 0 Å². The summed E-state index contributed by atoms with van der Waals surface area (Å²) in [6, 6.07) is 9.81. The van der Waals surface area contributed by atoms with Crippen LogP contribution in [0.2, 0.25) is 0 Å². The number of methoxy groups -OCH3 is 1. The van der Waals surface area contributed by atoms with Gasteiger partial charge in [-0.1, -0.05) is 30.3 Å². The molecule has 0 bridgehead atoms. The van der Waals surface area contributed by atoms with Gasteiger partial charge in [0.1, 0.15) is 6.10 Å². The minimum absolute atomic E-state index is 0.223. The molecule has 1 aromatic rings. The fraction of sp³-hybridized carbons (Fsp3) is 0.478. The molecular formula is C23H28O8. The number of esters is 4. The van der Waals surface area contributed by atoms with Gasteiger partial charge in [-0.25, -0.2) is 4.79 Å². The predicted molar refractivity (Wildman–Crippen MR) is 110 cm³/mol. The van der Waals surface area contributed by atoms with Crippen LogP contribution in [0.1, 0.15) is 45.6 Å². The maximum Gasteiger partial charge on any atom is 0.354 e. The van der Waals surface area contributed by atoms with Crippen molar-refractivity contribution in [1.29, 1.82) is 0 Å². The summed E-state index contributed by atoms with van der Waals surface area (Å²) in [5.41, 5.74) is -0.131. The molecule has 1 aliphatic rings. The lowest BCUT2D eigenvalue weighted by atomic mass is 9.80. The Morgan fingerprint density at radius 3 is 2.13 bits per heavy atom. The molecule has 0 radical (unpaired) electrons. The first-order valence-electron chi connectivity index (χ1n) is 10.0. The van der Waals surface area contributed by atoms with Crippen molar-refractivity contribution in [2.75, 3.05) is 7.11 Å². The van der Waals surface area contributed by atoms with Crippen LogP contribution < -0.4 is 0 Å². The van der Waals surface area contributed by atoms with E-state index in [2.05, 4.69) is 0 Å². The second-order valence-electron chi connectivity index (χ2n) is 7.42. The van der Waals surface area contributed by atoms with Crippen molar-refractivity contribution in [3.63, 3.8) is 0 Å². The Balaban J connectivity index is 2.42. The van der Waals surface area contributed by atoms with Crippen molar-refractivity contribution in [3.8, 4) is 0 Å². The number of rotatable bonds is 8. The summed E-state index contributed by atoms with van der Waals surface area (Å²) >= 11 is 0. The highest BCUT2D eigenvalue weighted by Crippen LogP contribution is 2.37. The maximum atomic E-state index is 12.6. The van der Waals surface area contributed by atoms with Gasteiger partial charge in [-0.2, -0.15) is 0 Å². The summed E-state index contributed by atoms with van der Waals surface area (Å²) in [7, 11) is 1.18. The van der Waals surface area contributed by atoms with Crippen LogP contribution in [0.25, 0.3) is 0 Å². The number of hydrogen-bond acceptors (Lipinski definition) is 8. The standard InChI is InChI=1S/C23H28O8/c1-15(24)29-20-14-23(22(27)28-4,31-17(3)26)13-19(21(20)30-16(2)25)12-8-11-18-9-6-5-7-10-18/h5-7,9-10,13,20-21H,8,11-12,14H2,1-4H3/t20-,21-,23+/m1/s1. The van der Waals surface area contributed by atoms with Crippen LogP contribution in [-0.2, 0) is 44.5 Å². The molecule has 0 N–H and O–H groups in total. The monoisotopic (exact) mass is 432 g/mol. The Morgan fingerprint density at radius 2 is 1.58 bits per heavy atom. The topological polar surface area (TPSA) is 105 Å². The number of hydrogen-bond donors (Lipinski definition) is 0. The van der Waals surface area contributed by atoms with Gasteiger partial charge in [-0.05, 0) is 36.5 Å². The molecule has 0 unspecified atom stereocenters. The van der Waals surface area contributed by atoms with Crippen LogP contribution >= 0.6 is 0 Å². The molecule has 1 aromatic carbocycles. The lowest BCUT2D eigenvalue weighted by Gasteiger charge is -2.39. The fourth-order valence-electron chi connectivity index (χ4n) is 3.77. The Bertz CT molecular complexity index is 844. The fourth-order valence-corrected chi connectivity index (χ4v) is 3.77. The van der Waals surface area contributed by atoms with E-state index in [0.717, 1.165) is 12.0 Å². The Labute approximate surface area is 181 Å². The summed E-state index contributed by atoms with van der Waals surface area (Å²) in [4.78, 5) is 47.9. The Morgan fingerprint density at radius 1 is 0.935 bits per heavy atom. The second kappa shape index (κ2) is 10.7. The van der Waals surface area contributed by atoms with Crippen LogP contribution in [0, 0.1) is 0 Å². The van der Waals surface area contributed by atoms with E-state index in [0.29, 0.717) is 18.4 Å². The van der Waals surface area contributed by atoms with Gasteiger partial charge >= 0.3 is 23.9 Å². The molecule has 0 heterocycles. The van der Waals surface area contributed by atoms with Crippen molar-refractivity contribution >= 4 is 23.9 Å². The molecule has 0 saturated carbocycles. The van der Waals surface area contributed by atoms with E-state index in [9.17, 15) is 19.2 Å². The van der Waals surface area contributed by atoms with Crippen molar-refractivity contribution in [3.05, 3.63) is 47.5 Å². The Hall–Kier alpha value is -3.16. The first-order chi connectivity index (χ1) is 14.7. The van der Waals surface area contributed by atoms with Gasteiger partial charge in [0.05, 0.1) is 7.11 Å². The summed E-state index contributed by atoms with van der Waals surface area (Å²) in [6.07, 6.45) is 1.16. The smallest absolute Gasteiger partial charge is 0.354 e. The van der Waals surface area contributed by atoms with E-state index in [1.54, 1.807) is 0 Å². The van der Waals surface area contributed by atoms with Crippen LogP contribution in [-0.4, -0.2) is 48.8 Å². The molecule has 0 spiro atoms. The molecule has 0 aromatic heterocycles. The summed E-state index contributed by atoms with van der Waals surface area (Å²) in [6.45, 7) is 3.64. The van der Waals surface area contributed by atoms with E-state index in [4.69, 9.17) is 18.9 Å². The zero-order chi connectivity index (χ0) is 23.0. The number of ether oxygens (including phenoxy) is 4. The van der Waals surface area contributed by atoms with Gasteiger partial charge in [0.15, 0.2) is 6.10 Å². The first-order valence-corrected chi connectivity index (χ1v) is 10.0. The largest absolute Gasteiger partial charge is 0.466 e. The quantitative estimate of drug-likeness (QED) is 0.351. The van der Waals surface area contributed by atoms with E-state index >= 15 is 0 Å². The minimum atomic E-state index is -1.78. The lowest BCUT2D eigenvalue weighted by molar-refractivity contribution is -0.186. The molecule has 3 atom stereocenters. The summed E-state index contributed by atoms with van der Waals surface area (Å²) in [5.74, 6) is -2.68. The van der Waals surface area contributed by atoms with Crippen LogP contribution in [0.15, 0.2) is 42.0 Å². The molecule has 0 aliphatic heterocycles. The summed E-state index contributed by atoms with van der Waals surface area (Å²) < 4.78 is 21.1. The maximum absolute atomic E-state index is 12.6. The highest BCUT2D eigenvalue weighted by molar-refractivity contribution is 5.86. The van der Waals surface area contributed by atoms with Gasteiger partial charge in [0, 0.05) is 27.2 Å². The number of aryl methyl sites for hydroxylation is 1. The van der Waals surface area contributed by atoms with Gasteiger partial charge in [-0.3, -0.25) is 14.4 Å². The van der Waals surface area contributed by atoms with Crippen LogP contribution in [0.5, 0.6) is 0 Å². The second-order valence-corrected chi connectivity index (χ2v) is 7.42. The summed E-state index contributed by atoms with van der Waals surface area (Å²) in [5, 5.41) is 0. The molecule has 8 nitrogen and oxygen atoms in total. The molecule has 2 rings (SSSR count). The molecule has 0 fully saturated rings. The SMILES string of the molecule is COC(=O)[C@]1(OC(C)=O)C=C(CCCc2ccccc2)[C@@H](OC(C)=O)[C@H](OC(C)=O)C1. The van der Waals surface area contributed by atoms with Gasteiger partial charge < -0.3 is 18.9 Å². The van der Waals surface area contributed by atoms with E-state index in [1.165, 1.54) is 34.0 Å². The highest BCUT2D eigenvalue weighted by atomic mass is 16.6. The predicted octanol–water partition coefficient (Wildman–Crippen LogP) is 2.68. The zero-order valence-corrected chi connectivity index (χ0v) is 18.2. The van der Waals surface area contributed by atoms with E-state index < -0.39 is 41.7 Å². The van der Waals surface area contributed by atoms with Crippen LogP contribution in [0.3, 0.4) is 0 Å². The minimum Gasteiger partial charge on any atom is -0.466 e.